The Morgan fingerprint density at radius 2 is 2.07 bits per heavy atom. The minimum atomic E-state index is -0.616. The fourth-order valence-electron chi connectivity index (χ4n) is 0.874. The lowest BCUT2D eigenvalue weighted by Crippen LogP contribution is -2.13. The Morgan fingerprint density at radius 1 is 1.43 bits per heavy atom. The first-order valence-electron chi connectivity index (χ1n) is 4.20. The van der Waals surface area contributed by atoms with Crippen molar-refractivity contribution < 1.29 is 9.90 Å². The van der Waals surface area contributed by atoms with Crippen LogP contribution in [-0.4, -0.2) is 28.0 Å². The molecule has 0 aromatic heterocycles. The van der Waals surface area contributed by atoms with Gasteiger partial charge in [0.25, 0.3) is 0 Å². The molecule has 0 saturated heterocycles. The zero-order chi connectivity index (χ0) is 10.4. The van der Waals surface area contributed by atoms with Gasteiger partial charge in [0.2, 0.25) is 5.12 Å². The van der Waals surface area contributed by atoms with E-state index in [1.165, 1.54) is 0 Å². The highest BCUT2D eigenvalue weighted by Crippen LogP contribution is 2.13. The fraction of sp³-hybridized carbons (Fsp3) is 0.300. The summed E-state index contributed by atoms with van der Waals surface area (Å²) >= 11 is 6.50. The van der Waals surface area contributed by atoms with E-state index in [2.05, 4.69) is 0 Å². The van der Waals surface area contributed by atoms with Crippen LogP contribution in [0.2, 0.25) is 0 Å². The molecule has 0 spiro atoms. The zero-order valence-electron chi connectivity index (χ0n) is 7.52. The first-order valence-corrected chi connectivity index (χ1v) is 5.72. The molecule has 0 bridgehead atoms. The highest BCUT2D eigenvalue weighted by molar-refractivity contribution is 8.14. The zero-order valence-corrected chi connectivity index (χ0v) is 9.09. The molecule has 1 atom stereocenters. The minimum Gasteiger partial charge on any atom is -0.391 e. The molecule has 1 N–H and O–H groups in total. The highest BCUT2D eigenvalue weighted by atomic mass is 35.5. The third-order valence-electron chi connectivity index (χ3n) is 1.59. The number of halogens is 1. The van der Waals surface area contributed by atoms with Gasteiger partial charge in [0.1, 0.15) is 0 Å². The molecular formula is C10H11ClO2S. The predicted molar refractivity (Wildman–Crippen MR) is 60.0 cm³/mol. The van der Waals surface area contributed by atoms with Crippen LogP contribution in [0.3, 0.4) is 0 Å². The van der Waals surface area contributed by atoms with Crippen molar-refractivity contribution in [2.24, 2.45) is 0 Å². The number of carbonyl (C=O) groups is 1. The number of alkyl halides is 1. The Hall–Kier alpha value is -0.510. The van der Waals surface area contributed by atoms with Crippen molar-refractivity contribution in [3.05, 3.63) is 35.9 Å². The summed E-state index contributed by atoms with van der Waals surface area (Å²) < 4.78 is 0. The third kappa shape index (κ3) is 3.70. The first-order chi connectivity index (χ1) is 6.74. The molecule has 0 saturated carbocycles. The first kappa shape index (κ1) is 11.6. The third-order valence-corrected chi connectivity index (χ3v) is 3.00. The number of carbonyl (C=O) groups excluding carboxylic acids is 1. The highest BCUT2D eigenvalue weighted by Gasteiger charge is 2.09. The molecule has 0 amide bonds. The average molecular weight is 231 g/mol. The smallest absolute Gasteiger partial charge is 0.219 e. The van der Waals surface area contributed by atoms with Crippen molar-refractivity contribution in [2.75, 3.05) is 11.6 Å². The van der Waals surface area contributed by atoms with Gasteiger partial charge in [-0.2, -0.15) is 0 Å². The molecule has 0 aliphatic rings. The van der Waals surface area contributed by atoms with Crippen molar-refractivity contribution in [2.45, 2.75) is 6.10 Å². The van der Waals surface area contributed by atoms with Gasteiger partial charge in [-0.25, -0.2) is 0 Å². The maximum Gasteiger partial charge on any atom is 0.219 e. The monoisotopic (exact) mass is 230 g/mol. The van der Waals surface area contributed by atoms with E-state index in [9.17, 15) is 4.79 Å². The van der Waals surface area contributed by atoms with E-state index in [0.29, 0.717) is 11.3 Å². The van der Waals surface area contributed by atoms with Gasteiger partial charge < -0.3 is 5.11 Å². The molecule has 1 aromatic rings. The van der Waals surface area contributed by atoms with Crippen molar-refractivity contribution in [1.82, 2.24) is 0 Å². The van der Waals surface area contributed by atoms with E-state index in [4.69, 9.17) is 16.7 Å². The molecule has 1 aromatic carbocycles. The normalized spacial score (nSPS) is 12.4. The second kappa shape index (κ2) is 6.06. The summed E-state index contributed by atoms with van der Waals surface area (Å²) in [6, 6.07) is 8.98. The molecule has 0 aliphatic heterocycles. The average Bonchev–Trinajstić information content (AvgIpc) is 2.26. The second-order valence-corrected chi connectivity index (χ2v) is 4.07. The number of aliphatic hydroxyl groups excluding tert-OH is 1. The molecular weight excluding hydrogens is 220 g/mol. The maximum absolute atomic E-state index is 11.5. The molecule has 1 rings (SSSR count). The number of thioether (sulfide) groups is 1. The van der Waals surface area contributed by atoms with Crippen molar-refractivity contribution in [1.29, 1.82) is 0 Å². The number of hydrogen-bond donors (Lipinski definition) is 1. The molecule has 76 valence electrons. The predicted octanol–water partition coefficient (Wildman–Crippen LogP) is 2.16. The summed E-state index contributed by atoms with van der Waals surface area (Å²) in [4.78, 5) is 11.5. The molecule has 0 fully saturated rings. The van der Waals surface area contributed by atoms with E-state index in [0.717, 1.165) is 11.8 Å². The van der Waals surface area contributed by atoms with Gasteiger partial charge in [0, 0.05) is 17.2 Å². The lowest BCUT2D eigenvalue weighted by Gasteiger charge is -2.04. The van der Waals surface area contributed by atoms with Crippen molar-refractivity contribution >= 4 is 28.5 Å². The van der Waals surface area contributed by atoms with Crippen LogP contribution in [0, 0.1) is 0 Å². The van der Waals surface area contributed by atoms with Crippen LogP contribution in [0.25, 0.3) is 0 Å². The maximum atomic E-state index is 11.5. The second-order valence-electron chi connectivity index (χ2n) is 2.77. The summed E-state index contributed by atoms with van der Waals surface area (Å²) in [5, 5.41) is 9.12. The minimum absolute atomic E-state index is 0.0326. The van der Waals surface area contributed by atoms with Crippen LogP contribution in [0.4, 0.5) is 0 Å². The van der Waals surface area contributed by atoms with Crippen molar-refractivity contribution in [3.8, 4) is 0 Å². The largest absolute Gasteiger partial charge is 0.391 e. The van der Waals surface area contributed by atoms with E-state index in [-0.39, 0.29) is 11.0 Å². The van der Waals surface area contributed by atoms with Gasteiger partial charge in [-0.1, -0.05) is 42.1 Å². The van der Waals surface area contributed by atoms with E-state index >= 15 is 0 Å². The Morgan fingerprint density at radius 3 is 2.64 bits per heavy atom. The van der Waals surface area contributed by atoms with Gasteiger partial charge in [-0.3, -0.25) is 4.79 Å². The van der Waals surface area contributed by atoms with E-state index in [1.807, 2.05) is 18.2 Å². The number of aliphatic hydroxyl groups is 1. The SMILES string of the molecule is O=C(SCC(O)CCl)c1ccccc1. The van der Waals surface area contributed by atoms with Crippen LogP contribution in [0.1, 0.15) is 10.4 Å². The van der Waals surface area contributed by atoms with Gasteiger partial charge in [-0.15, -0.1) is 11.6 Å². The summed E-state index contributed by atoms with van der Waals surface area (Å²) in [5.41, 5.74) is 0.652. The Labute approximate surface area is 92.3 Å². The Kier molecular flexibility index (Phi) is 5.01. The van der Waals surface area contributed by atoms with Gasteiger partial charge >= 0.3 is 0 Å². The molecule has 1 unspecified atom stereocenters. The van der Waals surface area contributed by atoms with Gasteiger partial charge in [-0.05, 0) is 0 Å². The summed E-state index contributed by atoms with van der Waals surface area (Å²) in [5.74, 6) is 0.506. The number of benzene rings is 1. The number of hydrogen-bond acceptors (Lipinski definition) is 3. The topological polar surface area (TPSA) is 37.3 Å². The quantitative estimate of drug-likeness (QED) is 0.806. The van der Waals surface area contributed by atoms with Crippen LogP contribution in [-0.2, 0) is 0 Å². The summed E-state index contributed by atoms with van der Waals surface area (Å²) in [6.07, 6.45) is -0.616. The molecule has 14 heavy (non-hydrogen) atoms. The van der Waals surface area contributed by atoms with Crippen LogP contribution in [0.15, 0.2) is 30.3 Å². The van der Waals surface area contributed by atoms with E-state index < -0.39 is 6.10 Å². The fourth-order valence-corrected chi connectivity index (χ4v) is 1.88. The number of rotatable bonds is 4. The molecule has 2 nitrogen and oxygen atoms in total. The molecule has 4 heteroatoms. The van der Waals surface area contributed by atoms with Gasteiger partial charge in [0.15, 0.2) is 0 Å². The van der Waals surface area contributed by atoms with Crippen LogP contribution >= 0.6 is 23.4 Å². The van der Waals surface area contributed by atoms with Crippen molar-refractivity contribution in [3.63, 3.8) is 0 Å². The Balaban J connectivity index is 2.44. The van der Waals surface area contributed by atoms with Crippen LogP contribution in [0.5, 0.6) is 0 Å². The standard InChI is InChI=1S/C10H11ClO2S/c11-6-9(12)7-14-10(13)8-4-2-1-3-5-8/h1-5,9,12H,6-7H2. The molecule has 0 radical (unpaired) electrons. The lowest BCUT2D eigenvalue weighted by molar-refractivity contribution is 0.108. The summed E-state index contributed by atoms with van der Waals surface area (Å²) in [7, 11) is 0. The lowest BCUT2D eigenvalue weighted by atomic mass is 10.2. The summed E-state index contributed by atoms with van der Waals surface area (Å²) in [6.45, 7) is 0. The van der Waals surface area contributed by atoms with Crippen LogP contribution < -0.4 is 0 Å². The molecule has 0 aliphatic carbocycles. The van der Waals surface area contributed by atoms with Gasteiger partial charge in [0.05, 0.1) is 6.10 Å². The van der Waals surface area contributed by atoms with E-state index in [1.54, 1.807) is 12.1 Å². The molecule has 0 heterocycles. The Bertz CT molecular complexity index is 289.